The number of hydrogen-bond donors (Lipinski definition) is 2. The van der Waals surface area contributed by atoms with Gasteiger partial charge in [0.2, 0.25) is 9.84 Å². The van der Waals surface area contributed by atoms with E-state index in [1.807, 2.05) is 0 Å². The van der Waals surface area contributed by atoms with Gasteiger partial charge in [0.15, 0.2) is 17.3 Å². The van der Waals surface area contributed by atoms with E-state index in [1.54, 1.807) is 12.3 Å². The minimum Gasteiger partial charge on any atom is -0.348 e. The quantitative estimate of drug-likeness (QED) is 0.509. The Kier molecular flexibility index (Phi) is 5.00. The van der Waals surface area contributed by atoms with Gasteiger partial charge >= 0.3 is 0 Å². The van der Waals surface area contributed by atoms with E-state index in [9.17, 15) is 22.0 Å². The van der Waals surface area contributed by atoms with Crippen molar-refractivity contribution in [2.24, 2.45) is 0 Å². The molecule has 2 N–H and O–H groups in total. The molecule has 0 unspecified atom stereocenters. The van der Waals surface area contributed by atoms with Crippen LogP contribution in [-0.2, 0) is 16.4 Å². The molecule has 2 aromatic carbocycles. The summed E-state index contributed by atoms with van der Waals surface area (Å²) < 4.78 is 52.4. The Morgan fingerprint density at radius 3 is 2.60 bits per heavy atom. The minimum absolute atomic E-state index is 0.136. The van der Waals surface area contributed by atoms with Crippen LogP contribution in [0.5, 0.6) is 0 Å². The highest BCUT2D eigenvalue weighted by Gasteiger charge is 2.23. The molecule has 0 fully saturated rings. The van der Waals surface area contributed by atoms with Gasteiger partial charge in [0.1, 0.15) is 4.90 Å². The van der Waals surface area contributed by atoms with E-state index in [4.69, 9.17) is 0 Å². The van der Waals surface area contributed by atoms with Gasteiger partial charge in [-0.05, 0) is 35.9 Å². The highest BCUT2D eigenvalue weighted by Crippen LogP contribution is 2.25. The summed E-state index contributed by atoms with van der Waals surface area (Å²) in [6.07, 6.45) is 2.97. The molecule has 2 aromatic heterocycles. The molecule has 0 aliphatic heterocycles. The fraction of sp³-hybridized carbons (Fsp3) is 0.0500. The molecule has 0 atom stereocenters. The normalized spacial score (nSPS) is 11.5. The lowest BCUT2D eigenvalue weighted by Gasteiger charge is -2.08. The largest absolute Gasteiger partial charge is 0.348 e. The van der Waals surface area contributed by atoms with E-state index in [-0.39, 0.29) is 17.3 Å². The molecule has 152 valence electrons. The van der Waals surface area contributed by atoms with Crippen molar-refractivity contribution in [1.29, 1.82) is 0 Å². The topological polar surface area (TPSA) is 105 Å². The van der Waals surface area contributed by atoms with Crippen molar-refractivity contribution in [2.75, 3.05) is 0 Å². The first-order chi connectivity index (χ1) is 14.4. The Hall–Kier alpha value is -3.66. The molecular weight excluding hydrogens is 414 g/mol. The maximum absolute atomic E-state index is 13.9. The molecule has 2 heterocycles. The number of amides is 1. The number of pyridine rings is 1. The van der Waals surface area contributed by atoms with Crippen LogP contribution in [0.1, 0.15) is 15.9 Å². The third kappa shape index (κ3) is 3.64. The molecule has 0 bridgehead atoms. The summed E-state index contributed by atoms with van der Waals surface area (Å²) in [6.45, 7) is 0.136. The van der Waals surface area contributed by atoms with Gasteiger partial charge in [-0.3, -0.25) is 9.89 Å². The lowest BCUT2D eigenvalue weighted by Crippen LogP contribution is -2.22. The van der Waals surface area contributed by atoms with Gasteiger partial charge in [0.05, 0.1) is 16.7 Å². The molecule has 0 saturated heterocycles. The van der Waals surface area contributed by atoms with Crippen LogP contribution < -0.4 is 5.32 Å². The first-order valence-electron chi connectivity index (χ1n) is 8.71. The fourth-order valence-electron chi connectivity index (χ4n) is 2.85. The van der Waals surface area contributed by atoms with Crippen LogP contribution in [0.3, 0.4) is 0 Å². The predicted octanol–water partition coefficient (Wildman–Crippen LogP) is 3.00. The minimum atomic E-state index is -4.22. The molecule has 7 nitrogen and oxygen atoms in total. The average molecular weight is 428 g/mol. The van der Waals surface area contributed by atoms with Gasteiger partial charge < -0.3 is 5.32 Å². The van der Waals surface area contributed by atoms with Crippen molar-refractivity contribution in [3.63, 3.8) is 0 Å². The van der Waals surface area contributed by atoms with Gasteiger partial charge in [0, 0.05) is 18.1 Å². The summed E-state index contributed by atoms with van der Waals surface area (Å²) in [5.41, 5.74) is 1.54. The molecule has 1 amide bonds. The highest BCUT2D eigenvalue weighted by atomic mass is 32.2. The predicted molar refractivity (Wildman–Crippen MR) is 103 cm³/mol. The zero-order valence-electron chi connectivity index (χ0n) is 15.3. The SMILES string of the molecule is O=C(NCc1ccc(S(=O)(=O)c2cccc(F)c2F)cc1)c1cnc2[nH]ncc2c1. The number of aromatic amines is 1. The van der Waals surface area contributed by atoms with Gasteiger partial charge in [0.25, 0.3) is 5.91 Å². The fourth-order valence-corrected chi connectivity index (χ4v) is 4.19. The number of fused-ring (bicyclic) bond motifs is 1. The Morgan fingerprint density at radius 1 is 1.07 bits per heavy atom. The second-order valence-electron chi connectivity index (χ2n) is 6.41. The summed E-state index contributed by atoms with van der Waals surface area (Å²) in [7, 11) is -4.22. The number of halogens is 2. The van der Waals surface area contributed by atoms with Crippen LogP contribution in [0.15, 0.2) is 70.7 Å². The zero-order valence-corrected chi connectivity index (χ0v) is 16.1. The van der Waals surface area contributed by atoms with Gasteiger partial charge in [-0.2, -0.15) is 5.10 Å². The molecule has 30 heavy (non-hydrogen) atoms. The summed E-state index contributed by atoms with van der Waals surface area (Å²) in [6, 6.07) is 10.2. The summed E-state index contributed by atoms with van der Waals surface area (Å²) in [4.78, 5) is 15.5. The number of carbonyl (C=O) groups excluding carboxylic acids is 1. The molecular formula is C20H14F2N4O3S. The van der Waals surface area contributed by atoms with Crippen LogP contribution in [0.4, 0.5) is 8.78 Å². The van der Waals surface area contributed by atoms with Crippen LogP contribution in [-0.4, -0.2) is 29.5 Å². The standard InChI is InChI=1S/C20H14F2N4O3S/c21-16-2-1-3-17(18(16)22)30(28,29)15-6-4-12(5-7-15)9-24-20(27)14-8-13-11-25-26-19(13)23-10-14/h1-8,10-11H,9H2,(H,24,27)(H,23,25,26). The molecule has 10 heteroatoms. The number of nitrogens with one attached hydrogen (secondary N) is 2. The molecule has 0 aliphatic rings. The first-order valence-corrected chi connectivity index (χ1v) is 10.2. The van der Waals surface area contributed by atoms with Crippen LogP contribution >= 0.6 is 0 Å². The Bertz CT molecular complexity index is 1350. The Balaban J connectivity index is 1.48. The molecule has 4 aromatic rings. The lowest BCUT2D eigenvalue weighted by molar-refractivity contribution is 0.0950. The van der Waals surface area contributed by atoms with Crippen molar-refractivity contribution in [2.45, 2.75) is 16.3 Å². The van der Waals surface area contributed by atoms with E-state index in [0.29, 0.717) is 22.2 Å². The summed E-state index contributed by atoms with van der Waals surface area (Å²) in [5.74, 6) is -3.01. The second kappa shape index (κ2) is 7.64. The third-order valence-corrected chi connectivity index (χ3v) is 6.23. The monoisotopic (exact) mass is 428 g/mol. The summed E-state index contributed by atoms with van der Waals surface area (Å²) >= 11 is 0. The van der Waals surface area contributed by atoms with E-state index in [2.05, 4.69) is 20.5 Å². The van der Waals surface area contributed by atoms with Crippen molar-refractivity contribution >= 4 is 26.8 Å². The second-order valence-corrected chi connectivity index (χ2v) is 8.33. The molecule has 4 rings (SSSR count). The number of benzene rings is 2. The molecule has 0 saturated carbocycles. The number of H-pyrrole nitrogens is 1. The number of aromatic nitrogens is 3. The van der Waals surface area contributed by atoms with Crippen LogP contribution in [0.2, 0.25) is 0 Å². The highest BCUT2D eigenvalue weighted by molar-refractivity contribution is 7.91. The number of nitrogens with zero attached hydrogens (tertiary/aromatic N) is 2. The van der Waals surface area contributed by atoms with Crippen molar-refractivity contribution < 1.29 is 22.0 Å². The maximum atomic E-state index is 13.9. The zero-order chi connectivity index (χ0) is 21.3. The Labute approximate surface area is 169 Å². The van der Waals surface area contributed by atoms with Crippen molar-refractivity contribution in [1.82, 2.24) is 20.5 Å². The number of carbonyl (C=O) groups is 1. The molecule has 0 radical (unpaired) electrons. The van der Waals surface area contributed by atoms with E-state index >= 15 is 0 Å². The van der Waals surface area contributed by atoms with E-state index in [1.165, 1.54) is 30.5 Å². The Morgan fingerprint density at radius 2 is 1.83 bits per heavy atom. The molecule has 0 spiro atoms. The van der Waals surface area contributed by atoms with E-state index in [0.717, 1.165) is 18.2 Å². The van der Waals surface area contributed by atoms with Gasteiger partial charge in [-0.15, -0.1) is 0 Å². The number of rotatable bonds is 5. The first kappa shape index (κ1) is 19.6. The van der Waals surface area contributed by atoms with E-state index < -0.39 is 26.4 Å². The van der Waals surface area contributed by atoms with Gasteiger partial charge in [-0.1, -0.05) is 18.2 Å². The smallest absolute Gasteiger partial charge is 0.253 e. The maximum Gasteiger partial charge on any atom is 0.253 e. The molecule has 0 aliphatic carbocycles. The van der Waals surface area contributed by atoms with Gasteiger partial charge in [-0.25, -0.2) is 22.2 Å². The lowest BCUT2D eigenvalue weighted by atomic mass is 10.2. The third-order valence-electron chi connectivity index (χ3n) is 4.45. The van der Waals surface area contributed by atoms with Crippen LogP contribution in [0.25, 0.3) is 11.0 Å². The van der Waals surface area contributed by atoms with Crippen molar-refractivity contribution in [3.8, 4) is 0 Å². The summed E-state index contributed by atoms with van der Waals surface area (Å²) in [5, 5.41) is 9.94. The number of hydrogen-bond acceptors (Lipinski definition) is 5. The average Bonchev–Trinajstić information content (AvgIpc) is 3.22. The van der Waals surface area contributed by atoms with Crippen molar-refractivity contribution in [3.05, 3.63) is 83.7 Å². The van der Waals surface area contributed by atoms with Crippen LogP contribution in [0, 0.1) is 11.6 Å². The number of sulfone groups is 1.